The van der Waals surface area contributed by atoms with E-state index in [4.69, 9.17) is 14.9 Å². The van der Waals surface area contributed by atoms with Crippen LogP contribution in [0.3, 0.4) is 0 Å². The highest BCUT2D eigenvalue weighted by Crippen LogP contribution is 2.41. The predicted octanol–water partition coefficient (Wildman–Crippen LogP) is 2.84. The van der Waals surface area contributed by atoms with Crippen LogP contribution in [0.2, 0.25) is 0 Å². The molecule has 2 aromatic rings. The van der Waals surface area contributed by atoms with Crippen LogP contribution in [0.4, 0.5) is 5.69 Å². The number of nitriles is 1. The molecule has 0 radical (unpaired) electrons. The monoisotopic (exact) mass is 424 g/mol. The smallest absolute Gasteiger partial charge is 0.254 e. The maximum Gasteiger partial charge on any atom is 0.254 e. The number of furan rings is 1. The molecule has 30 heavy (non-hydrogen) atoms. The van der Waals surface area contributed by atoms with Gasteiger partial charge in [0, 0.05) is 5.70 Å². The van der Waals surface area contributed by atoms with Crippen molar-refractivity contribution in [1.29, 1.82) is 5.26 Å². The topological polar surface area (TPSA) is 130 Å². The Bertz CT molecular complexity index is 1070. The number of hydrogen-bond acceptors (Lipinski definition) is 7. The van der Waals surface area contributed by atoms with Crippen molar-refractivity contribution in [2.75, 3.05) is 18.2 Å². The number of allylic oxidation sites excluding steroid dienone is 2. The number of methoxy groups -OCH3 is 1. The number of nitrogens with zero attached hydrogens (tertiary/aromatic N) is 1. The summed E-state index contributed by atoms with van der Waals surface area (Å²) in [5.41, 5.74) is 6.89. The van der Waals surface area contributed by atoms with E-state index < -0.39 is 17.7 Å². The van der Waals surface area contributed by atoms with Gasteiger partial charge in [-0.3, -0.25) is 9.59 Å². The Kier molecular flexibility index (Phi) is 6.49. The molecule has 3 rings (SSSR count). The normalized spacial score (nSPS) is 16.0. The third-order valence-electron chi connectivity index (χ3n) is 4.43. The fraction of sp³-hybridized carbons (Fsp3) is 0.190. The lowest BCUT2D eigenvalue weighted by Gasteiger charge is -2.28. The summed E-state index contributed by atoms with van der Waals surface area (Å²) in [6.07, 6.45) is 1.48. The average molecular weight is 424 g/mol. The molecule has 4 N–H and O–H groups in total. The van der Waals surface area contributed by atoms with Crippen LogP contribution in [0.15, 0.2) is 69.0 Å². The van der Waals surface area contributed by atoms with Gasteiger partial charge in [0.05, 0.1) is 53.0 Å². The minimum Gasteiger partial charge on any atom is -0.495 e. The lowest BCUT2D eigenvalue weighted by atomic mass is 9.85. The second-order valence-corrected chi connectivity index (χ2v) is 7.36. The van der Waals surface area contributed by atoms with Crippen molar-refractivity contribution >= 4 is 29.3 Å². The van der Waals surface area contributed by atoms with E-state index in [1.165, 1.54) is 13.4 Å². The summed E-state index contributed by atoms with van der Waals surface area (Å²) in [5.74, 6) is -0.712. The number of hydrogen-bond donors (Lipinski definition) is 3. The van der Waals surface area contributed by atoms with Crippen molar-refractivity contribution < 1.29 is 18.7 Å². The van der Waals surface area contributed by atoms with Gasteiger partial charge in [0.1, 0.15) is 11.5 Å². The molecule has 1 aliphatic rings. The highest BCUT2D eigenvalue weighted by atomic mass is 32.2. The second kappa shape index (κ2) is 9.24. The van der Waals surface area contributed by atoms with Gasteiger partial charge in [-0.25, -0.2) is 0 Å². The first-order chi connectivity index (χ1) is 14.5. The van der Waals surface area contributed by atoms with E-state index in [0.717, 1.165) is 11.8 Å². The molecule has 0 aliphatic carbocycles. The zero-order valence-electron chi connectivity index (χ0n) is 16.4. The first-order valence-corrected chi connectivity index (χ1v) is 9.95. The molecule has 8 nitrogen and oxygen atoms in total. The third-order valence-corrected chi connectivity index (χ3v) is 5.47. The van der Waals surface area contributed by atoms with E-state index in [1.807, 2.05) is 0 Å². The lowest BCUT2D eigenvalue weighted by molar-refractivity contribution is -0.115. The molecule has 0 spiro atoms. The molecular formula is C21H20N4O4S. The molecule has 1 unspecified atom stereocenters. The minimum atomic E-state index is -0.740. The van der Waals surface area contributed by atoms with Crippen LogP contribution in [0, 0.1) is 11.3 Å². The van der Waals surface area contributed by atoms with Crippen molar-refractivity contribution in [1.82, 2.24) is 5.32 Å². The van der Waals surface area contributed by atoms with E-state index in [1.54, 1.807) is 43.3 Å². The molecule has 1 aliphatic heterocycles. The molecule has 0 bridgehead atoms. The Morgan fingerprint density at radius 3 is 2.73 bits per heavy atom. The SMILES string of the molecule is COc1ccccc1NC(=O)C1=C(C)NC(SCC(N)=O)=C(C#N)C1c1ccco1. The first kappa shape index (κ1) is 21.1. The fourth-order valence-corrected chi connectivity index (χ4v) is 3.98. The Hall–Kier alpha value is -3.64. The van der Waals surface area contributed by atoms with E-state index in [-0.39, 0.29) is 11.3 Å². The number of dihydropyridines is 1. The van der Waals surface area contributed by atoms with Gasteiger partial charge in [0.2, 0.25) is 5.91 Å². The quantitative estimate of drug-likeness (QED) is 0.623. The van der Waals surface area contributed by atoms with Gasteiger partial charge in [-0.2, -0.15) is 5.26 Å². The number of nitrogens with two attached hydrogens (primary N) is 1. The second-order valence-electron chi connectivity index (χ2n) is 6.38. The number of benzene rings is 1. The summed E-state index contributed by atoms with van der Waals surface area (Å²) in [4.78, 5) is 24.5. The summed E-state index contributed by atoms with van der Waals surface area (Å²) in [6, 6.07) is 12.6. The van der Waals surface area contributed by atoms with Crippen LogP contribution in [-0.2, 0) is 9.59 Å². The van der Waals surface area contributed by atoms with Crippen molar-refractivity contribution in [3.8, 4) is 11.8 Å². The van der Waals surface area contributed by atoms with Crippen LogP contribution in [0.1, 0.15) is 18.6 Å². The van der Waals surface area contributed by atoms with Gasteiger partial charge in [0.15, 0.2) is 0 Å². The number of anilines is 1. The third kappa shape index (κ3) is 4.34. The summed E-state index contributed by atoms with van der Waals surface area (Å²) < 4.78 is 10.8. The largest absolute Gasteiger partial charge is 0.495 e. The van der Waals surface area contributed by atoms with Crippen molar-refractivity contribution in [3.05, 3.63) is 70.3 Å². The van der Waals surface area contributed by atoms with Crippen LogP contribution in [-0.4, -0.2) is 24.7 Å². The number of carbonyl (C=O) groups is 2. The van der Waals surface area contributed by atoms with Gasteiger partial charge < -0.3 is 25.5 Å². The molecular weight excluding hydrogens is 404 g/mol. The summed E-state index contributed by atoms with van der Waals surface area (Å²) in [5, 5.41) is 16.2. The number of para-hydroxylation sites is 2. The first-order valence-electron chi connectivity index (χ1n) is 8.97. The number of thioether (sulfide) groups is 1. The fourth-order valence-electron chi connectivity index (χ4n) is 3.15. The number of primary amides is 1. The van der Waals surface area contributed by atoms with E-state index >= 15 is 0 Å². The number of nitrogens with one attached hydrogen (secondary N) is 2. The zero-order valence-corrected chi connectivity index (χ0v) is 17.2. The van der Waals surface area contributed by atoms with E-state index in [0.29, 0.717) is 33.5 Å². The van der Waals surface area contributed by atoms with Crippen LogP contribution < -0.4 is 21.1 Å². The maximum atomic E-state index is 13.3. The van der Waals surface area contributed by atoms with Crippen molar-refractivity contribution in [2.45, 2.75) is 12.8 Å². The van der Waals surface area contributed by atoms with Crippen LogP contribution in [0.25, 0.3) is 0 Å². The number of carbonyl (C=O) groups excluding carboxylic acids is 2. The number of rotatable bonds is 7. The van der Waals surface area contributed by atoms with Crippen LogP contribution in [0.5, 0.6) is 5.75 Å². The number of ether oxygens (including phenoxy) is 1. The zero-order chi connectivity index (χ0) is 21.7. The Balaban J connectivity index is 2.02. The standard InChI is InChI=1S/C21H20N4O4S/c1-12-18(20(27)25-14-6-3-4-7-15(14)28-2)19(16-8-5-9-29-16)13(10-22)21(24-12)30-11-17(23)26/h3-9,19,24H,11H2,1-2H3,(H2,23,26)(H,25,27). The summed E-state index contributed by atoms with van der Waals surface area (Å²) in [6.45, 7) is 1.73. The van der Waals surface area contributed by atoms with Crippen LogP contribution >= 0.6 is 11.8 Å². The maximum absolute atomic E-state index is 13.3. The lowest BCUT2D eigenvalue weighted by Crippen LogP contribution is -2.31. The highest BCUT2D eigenvalue weighted by Gasteiger charge is 2.36. The number of amides is 2. The Labute approximate surface area is 177 Å². The minimum absolute atomic E-state index is 0.00554. The molecule has 9 heteroatoms. The molecule has 2 amide bonds. The molecule has 154 valence electrons. The van der Waals surface area contributed by atoms with E-state index in [2.05, 4.69) is 16.7 Å². The van der Waals surface area contributed by atoms with Crippen molar-refractivity contribution in [2.24, 2.45) is 5.73 Å². The average Bonchev–Trinajstić information content (AvgIpc) is 3.26. The molecule has 0 fully saturated rings. The van der Waals surface area contributed by atoms with Gasteiger partial charge in [-0.05, 0) is 31.2 Å². The molecule has 2 heterocycles. The van der Waals surface area contributed by atoms with Gasteiger partial charge in [-0.1, -0.05) is 23.9 Å². The summed E-state index contributed by atoms with van der Waals surface area (Å²) >= 11 is 1.11. The molecule has 1 atom stereocenters. The Morgan fingerprint density at radius 2 is 2.10 bits per heavy atom. The summed E-state index contributed by atoms with van der Waals surface area (Å²) in [7, 11) is 1.52. The van der Waals surface area contributed by atoms with Crippen molar-refractivity contribution in [3.63, 3.8) is 0 Å². The van der Waals surface area contributed by atoms with E-state index in [9.17, 15) is 14.9 Å². The van der Waals surface area contributed by atoms with Gasteiger partial charge in [-0.15, -0.1) is 0 Å². The Morgan fingerprint density at radius 1 is 1.33 bits per heavy atom. The predicted molar refractivity (Wildman–Crippen MR) is 113 cm³/mol. The molecule has 1 aromatic heterocycles. The highest BCUT2D eigenvalue weighted by molar-refractivity contribution is 8.03. The van der Waals surface area contributed by atoms with Gasteiger partial charge in [0.25, 0.3) is 5.91 Å². The molecule has 0 saturated carbocycles. The van der Waals surface area contributed by atoms with Gasteiger partial charge >= 0.3 is 0 Å². The molecule has 0 saturated heterocycles. The molecule has 1 aromatic carbocycles.